The zero-order valence-corrected chi connectivity index (χ0v) is 17.2. The van der Waals surface area contributed by atoms with Gasteiger partial charge < -0.3 is 10.1 Å². The summed E-state index contributed by atoms with van der Waals surface area (Å²) in [4.78, 5) is 12.2. The van der Waals surface area contributed by atoms with Crippen LogP contribution in [0.2, 0.25) is 0 Å². The second-order valence-corrected chi connectivity index (χ2v) is 7.85. The Morgan fingerprint density at radius 1 is 1.11 bits per heavy atom. The Balaban J connectivity index is 1.43. The van der Waals surface area contributed by atoms with Crippen LogP contribution in [0.5, 0.6) is 5.75 Å². The Hall–Kier alpha value is -2.40. The van der Waals surface area contributed by atoms with Crippen molar-refractivity contribution in [2.24, 2.45) is 5.92 Å². The van der Waals surface area contributed by atoms with E-state index in [4.69, 9.17) is 17.0 Å². The summed E-state index contributed by atoms with van der Waals surface area (Å²) < 4.78 is 5.87. The molecule has 2 aromatic rings. The molecule has 0 bridgehead atoms. The molecule has 0 aliphatic heterocycles. The molecule has 0 radical (unpaired) electrons. The number of aryl methyl sites for hydroxylation is 1. The molecule has 1 aliphatic rings. The molecule has 28 heavy (non-hydrogen) atoms. The minimum atomic E-state index is -0.219. The third kappa shape index (κ3) is 6.34. The fourth-order valence-electron chi connectivity index (χ4n) is 3.58. The number of thiocarbonyl (C=S) groups is 1. The molecule has 0 saturated heterocycles. The van der Waals surface area contributed by atoms with Gasteiger partial charge in [-0.1, -0.05) is 49.8 Å². The molecule has 1 amide bonds. The van der Waals surface area contributed by atoms with Crippen LogP contribution in [-0.4, -0.2) is 17.6 Å². The predicted molar refractivity (Wildman–Crippen MR) is 118 cm³/mol. The van der Waals surface area contributed by atoms with Crippen molar-refractivity contribution in [2.45, 2.75) is 45.4 Å². The molecule has 0 unspecified atom stereocenters. The highest BCUT2D eigenvalue weighted by atomic mass is 32.1. The first-order valence-electron chi connectivity index (χ1n) is 10.0. The number of carbonyl (C=O) groups excluding carboxylic acids is 1. The van der Waals surface area contributed by atoms with Crippen LogP contribution in [0.3, 0.4) is 0 Å². The molecule has 2 aromatic carbocycles. The summed E-state index contributed by atoms with van der Waals surface area (Å²) in [5, 5.41) is 6.02. The van der Waals surface area contributed by atoms with Crippen LogP contribution in [0.4, 0.5) is 5.69 Å². The number of nitrogens with one attached hydrogen (secondary N) is 2. The first kappa shape index (κ1) is 20.3. The normalized spacial score (nSPS) is 14.3. The number of amides is 1. The third-order valence-corrected chi connectivity index (χ3v) is 5.34. The van der Waals surface area contributed by atoms with Crippen molar-refractivity contribution in [3.8, 4) is 5.75 Å². The lowest BCUT2D eigenvalue weighted by atomic mass is 9.87. The van der Waals surface area contributed by atoms with Crippen LogP contribution in [0.15, 0.2) is 48.5 Å². The number of ether oxygens (including phenoxy) is 1. The van der Waals surface area contributed by atoms with Gasteiger partial charge in [0, 0.05) is 11.3 Å². The molecule has 0 heterocycles. The first-order chi connectivity index (χ1) is 13.6. The molecule has 4 nitrogen and oxygen atoms in total. The zero-order valence-electron chi connectivity index (χ0n) is 16.4. The molecule has 1 aliphatic carbocycles. The SMILES string of the molecule is Cc1cccc(C(=O)NC(=S)Nc2ccc(OCCC3CCCCC3)cc2)c1. The second kappa shape index (κ2) is 10.2. The van der Waals surface area contributed by atoms with Gasteiger partial charge in [0.15, 0.2) is 5.11 Å². The minimum absolute atomic E-state index is 0.219. The third-order valence-electron chi connectivity index (χ3n) is 5.14. The standard InChI is InChI=1S/C23H28N2O2S/c1-17-6-5-9-19(16-17)22(26)25-23(28)24-20-10-12-21(13-11-20)27-15-14-18-7-3-2-4-8-18/h5-6,9-13,16,18H,2-4,7-8,14-15H2,1H3,(H2,24,25,26,28). The molecule has 3 rings (SSSR count). The van der Waals surface area contributed by atoms with Gasteiger partial charge in [-0.2, -0.15) is 0 Å². The maximum atomic E-state index is 12.2. The summed E-state index contributed by atoms with van der Waals surface area (Å²) in [7, 11) is 0. The summed E-state index contributed by atoms with van der Waals surface area (Å²) >= 11 is 5.25. The number of anilines is 1. The van der Waals surface area contributed by atoms with Crippen LogP contribution in [0.25, 0.3) is 0 Å². The van der Waals surface area contributed by atoms with E-state index in [1.54, 1.807) is 6.07 Å². The second-order valence-electron chi connectivity index (χ2n) is 7.44. The lowest BCUT2D eigenvalue weighted by Crippen LogP contribution is -2.34. The van der Waals surface area contributed by atoms with E-state index < -0.39 is 0 Å². The molecule has 0 atom stereocenters. The Bertz CT molecular complexity index is 799. The fourth-order valence-corrected chi connectivity index (χ4v) is 3.79. The van der Waals surface area contributed by atoms with Crippen molar-refractivity contribution in [2.75, 3.05) is 11.9 Å². The summed E-state index contributed by atoms with van der Waals surface area (Å²) in [5.74, 6) is 1.46. The Morgan fingerprint density at radius 3 is 2.57 bits per heavy atom. The highest BCUT2D eigenvalue weighted by Gasteiger charge is 2.13. The molecular weight excluding hydrogens is 368 g/mol. The van der Waals surface area contributed by atoms with Gasteiger partial charge >= 0.3 is 0 Å². The van der Waals surface area contributed by atoms with Crippen molar-refractivity contribution in [1.29, 1.82) is 0 Å². The summed E-state index contributed by atoms with van der Waals surface area (Å²) in [6.07, 6.45) is 7.95. The fraction of sp³-hybridized carbons (Fsp3) is 0.391. The predicted octanol–water partition coefficient (Wildman–Crippen LogP) is 5.47. The maximum absolute atomic E-state index is 12.2. The van der Waals surface area contributed by atoms with E-state index in [1.165, 1.54) is 32.1 Å². The van der Waals surface area contributed by atoms with Crippen molar-refractivity contribution in [1.82, 2.24) is 5.32 Å². The van der Waals surface area contributed by atoms with Gasteiger partial charge in [0.1, 0.15) is 5.75 Å². The molecule has 1 saturated carbocycles. The number of hydrogen-bond donors (Lipinski definition) is 2. The largest absolute Gasteiger partial charge is 0.494 e. The smallest absolute Gasteiger partial charge is 0.257 e. The van der Waals surface area contributed by atoms with Crippen molar-refractivity contribution < 1.29 is 9.53 Å². The number of rotatable bonds is 6. The highest BCUT2D eigenvalue weighted by molar-refractivity contribution is 7.80. The van der Waals surface area contributed by atoms with Crippen molar-refractivity contribution >= 4 is 28.9 Å². The Morgan fingerprint density at radius 2 is 1.86 bits per heavy atom. The van der Waals surface area contributed by atoms with Crippen molar-refractivity contribution in [3.63, 3.8) is 0 Å². The Kier molecular flexibility index (Phi) is 7.43. The number of hydrogen-bond acceptors (Lipinski definition) is 3. The zero-order chi connectivity index (χ0) is 19.8. The van der Waals surface area contributed by atoms with Crippen LogP contribution in [0.1, 0.15) is 54.4 Å². The molecule has 2 N–H and O–H groups in total. The summed E-state index contributed by atoms with van der Waals surface area (Å²) in [5.41, 5.74) is 2.44. The minimum Gasteiger partial charge on any atom is -0.494 e. The quantitative estimate of drug-likeness (QED) is 0.636. The lowest BCUT2D eigenvalue weighted by molar-refractivity contribution is 0.0977. The lowest BCUT2D eigenvalue weighted by Gasteiger charge is -2.21. The van der Waals surface area contributed by atoms with E-state index in [1.807, 2.05) is 49.4 Å². The van der Waals surface area contributed by atoms with E-state index in [0.717, 1.165) is 35.9 Å². The number of carbonyl (C=O) groups is 1. The van der Waals surface area contributed by atoms with E-state index in [-0.39, 0.29) is 11.0 Å². The van der Waals surface area contributed by atoms with Crippen LogP contribution >= 0.6 is 12.2 Å². The van der Waals surface area contributed by atoms with Gasteiger partial charge in [0.25, 0.3) is 5.91 Å². The highest BCUT2D eigenvalue weighted by Crippen LogP contribution is 2.26. The Labute approximate surface area is 172 Å². The van der Waals surface area contributed by atoms with Gasteiger partial charge in [0.05, 0.1) is 6.61 Å². The summed E-state index contributed by atoms with van der Waals surface area (Å²) in [6, 6.07) is 15.1. The van der Waals surface area contributed by atoms with Crippen molar-refractivity contribution in [3.05, 3.63) is 59.7 Å². The van der Waals surface area contributed by atoms with E-state index in [2.05, 4.69) is 10.6 Å². The monoisotopic (exact) mass is 396 g/mol. The average Bonchev–Trinajstić information content (AvgIpc) is 2.70. The van der Waals surface area contributed by atoms with Crippen LogP contribution < -0.4 is 15.4 Å². The van der Waals surface area contributed by atoms with Gasteiger partial charge in [-0.15, -0.1) is 0 Å². The molecule has 1 fully saturated rings. The average molecular weight is 397 g/mol. The topological polar surface area (TPSA) is 50.4 Å². The summed E-state index contributed by atoms with van der Waals surface area (Å²) in [6.45, 7) is 2.72. The van der Waals surface area contributed by atoms with Gasteiger partial charge in [0.2, 0.25) is 0 Å². The van der Waals surface area contributed by atoms with E-state index in [0.29, 0.717) is 5.56 Å². The van der Waals surface area contributed by atoms with E-state index >= 15 is 0 Å². The van der Waals surface area contributed by atoms with Gasteiger partial charge in [-0.25, -0.2) is 0 Å². The molecule has 148 valence electrons. The molecule has 0 spiro atoms. The van der Waals surface area contributed by atoms with Crippen LogP contribution in [-0.2, 0) is 0 Å². The first-order valence-corrected chi connectivity index (χ1v) is 10.4. The number of benzene rings is 2. The molecule has 5 heteroatoms. The van der Waals surface area contributed by atoms with E-state index in [9.17, 15) is 4.79 Å². The molecular formula is C23H28N2O2S. The van der Waals surface area contributed by atoms with Crippen LogP contribution in [0, 0.1) is 12.8 Å². The maximum Gasteiger partial charge on any atom is 0.257 e. The van der Waals surface area contributed by atoms with Gasteiger partial charge in [-0.3, -0.25) is 10.1 Å². The van der Waals surface area contributed by atoms with Gasteiger partial charge in [-0.05, 0) is 67.9 Å². The molecule has 0 aromatic heterocycles.